The highest BCUT2D eigenvalue weighted by Crippen LogP contribution is 2.20. The molecule has 1 aromatic carbocycles. The Labute approximate surface area is 140 Å². The average Bonchev–Trinajstić information content (AvgIpc) is 2.53. The summed E-state index contributed by atoms with van der Waals surface area (Å²) in [5.74, 6) is 0.370. The van der Waals surface area contributed by atoms with Crippen LogP contribution >= 0.6 is 0 Å². The van der Waals surface area contributed by atoms with E-state index in [1.165, 1.54) is 0 Å². The number of aromatic nitrogens is 1. The molecule has 5 nitrogen and oxygen atoms in total. The molecule has 24 heavy (non-hydrogen) atoms. The monoisotopic (exact) mass is 331 g/mol. The minimum atomic E-state index is -0.323. The normalized spacial score (nSPS) is 12.3. The Balaban J connectivity index is 2.17. The van der Waals surface area contributed by atoms with Crippen molar-refractivity contribution in [3.8, 4) is 5.75 Å². The van der Waals surface area contributed by atoms with Crippen LogP contribution in [-0.4, -0.2) is 29.6 Å². The third-order valence-corrected chi connectivity index (χ3v) is 3.22. The van der Waals surface area contributed by atoms with Gasteiger partial charge in [-0.15, -0.1) is 0 Å². The van der Waals surface area contributed by atoms with Crippen molar-refractivity contribution in [3.63, 3.8) is 0 Å². The summed E-state index contributed by atoms with van der Waals surface area (Å²) in [6.45, 7) is 5.95. The van der Waals surface area contributed by atoms with Crippen LogP contribution in [0.1, 0.15) is 31.3 Å². The maximum Gasteiger partial charge on any atom is 0.270 e. The van der Waals surface area contributed by atoms with Crippen molar-refractivity contribution >= 4 is 16.8 Å². The van der Waals surface area contributed by atoms with Gasteiger partial charge in [0, 0.05) is 23.0 Å². The summed E-state index contributed by atoms with van der Waals surface area (Å²) in [5, 5.41) is 3.71. The SMILES string of the molecule is CC(C)(C)NC(=O)c1ccc2cc(OC/C(=C/F)CN)ccc2n1. The first-order valence-corrected chi connectivity index (χ1v) is 7.67. The summed E-state index contributed by atoms with van der Waals surface area (Å²) < 4.78 is 18.0. The van der Waals surface area contributed by atoms with E-state index < -0.39 is 0 Å². The van der Waals surface area contributed by atoms with Gasteiger partial charge < -0.3 is 15.8 Å². The Morgan fingerprint density at radius 1 is 1.33 bits per heavy atom. The van der Waals surface area contributed by atoms with Crippen molar-refractivity contribution < 1.29 is 13.9 Å². The van der Waals surface area contributed by atoms with Crippen LogP contribution in [0.4, 0.5) is 4.39 Å². The lowest BCUT2D eigenvalue weighted by molar-refractivity contribution is 0.0915. The van der Waals surface area contributed by atoms with E-state index in [1.54, 1.807) is 24.3 Å². The molecule has 3 N–H and O–H groups in total. The number of benzene rings is 1. The lowest BCUT2D eigenvalue weighted by Crippen LogP contribution is -2.40. The standard InChI is InChI=1S/C18H22FN3O2/c1-18(2,3)22-17(23)16-6-4-13-8-14(5-7-15(13)21-16)24-11-12(9-19)10-20/h4-9H,10-11,20H2,1-3H3,(H,22,23)/b12-9+. The topological polar surface area (TPSA) is 77.2 Å². The smallest absolute Gasteiger partial charge is 0.270 e. The summed E-state index contributed by atoms with van der Waals surface area (Å²) in [5.41, 5.74) is 6.49. The van der Waals surface area contributed by atoms with Gasteiger partial charge in [0.15, 0.2) is 0 Å². The third-order valence-electron chi connectivity index (χ3n) is 3.22. The van der Waals surface area contributed by atoms with Gasteiger partial charge in [0.25, 0.3) is 5.91 Å². The molecule has 0 unspecified atom stereocenters. The highest BCUT2D eigenvalue weighted by Gasteiger charge is 2.16. The minimum Gasteiger partial charge on any atom is -0.489 e. The average molecular weight is 331 g/mol. The fourth-order valence-corrected chi connectivity index (χ4v) is 2.04. The second-order valence-electron chi connectivity index (χ2n) is 6.52. The molecule has 0 saturated carbocycles. The van der Waals surface area contributed by atoms with Crippen molar-refractivity contribution in [1.82, 2.24) is 10.3 Å². The van der Waals surface area contributed by atoms with Crippen LogP contribution in [0.2, 0.25) is 0 Å². The van der Waals surface area contributed by atoms with E-state index >= 15 is 0 Å². The van der Waals surface area contributed by atoms with Gasteiger partial charge in [-0.2, -0.15) is 0 Å². The van der Waals surface area contributed by atoms with Crippen LogP contribution in [0.25, 0.3) is 10.9 Å². The second kappa shape index (κ2) is 7.40. The molecule has 0 fully saturated rings. The summed E-state index contributed by atoms with van der Waals surface area (Å²) in [6, 6.07) is 8.76. The number of nitrogens with one attached hydrogen (secondary N) is 1. The van der Waals surface area contributed by atoms with Crippen molar-refractivity contribution in [2.45, 2.75) is 26.3 Å². The molecule has 0 saturated heterocycles. The fraction of sp³-hybridized carbons (Fsp3) is 0.333. The van der Waals surface area contributed by atoms with E-state index in [1.807, 2.05) is 26.8 Å². The van der Waals surface area contributed by atoms with E-state index in [0.29, 0.717) is 28.9 Å². The quantitative estimate of drug-likeness (QED) is 0.883. The molecule has 0 radical (unpaired) electrons. The zero-order chi connectivity index (χ0) is 17.7. The summed E-state index contributed by atoms with van der Waals surface area (Å²) in [4.78, 5) is 16.5. The minimum absolute atomic E-state index is 0.0952. The summed E-state index contributed by atoms with van der Waals surface area (Å²) in [7, 11) is 0. The molecule has 0 bridgehead atoms. The molecular weight excluding hydrogens is 309 g/mol. The first-order chi connectivity index (χ1) is 11.3. The number of nitrogens with zero attached hydrogens (tertiary/aromatic N) is 1. The molecule has 1 aromatic heterocycles. The van der Waals surface area contributed by atoms with Crippen molar-refractivity contribution in [2.75, 3.05) is 13.2 Å². The largest absolute Gasteiger partial charge is 0.489 e. The Bertz CT molecular complexity index is 766. The van der Waals surface area contributed by atoms with Gasteiger partial charge in [-0.25, -0.2) is 9.37 Å². The lowest BCUT2D eigenvalue weighted by Gasteiger charge is -2.20. The van der Waals surface area contributed by atoms with E-state index in [-0.39, 0.29) is 24.6 Å². The number of fused-ring (bicyclic) bond motifs is 1. The van der Waals surface area contributed by atoms with Gasteiger partial charge in [-0.1, -0.05) is 6.07 Å². The molecular formula is C18H22FN3O2. The molecule has 0 spiro atoms. The second-order valence-corrected chi connectivity index (χ2v) is 6.52. The number of ether oxygens (including phenoxy) is 1. The molecule has 1 amide bonds. The van der Waals surface area contributed by atoms with Crippen LogP contribution in [0.3, 0.4) is 0 Å². The first-order valence-electron chi connectivity index (χ1n) is 7.67. The highest BCUT2D eigenvalue weighted by molar-refractivity contribution is 5.95. The maximum absolute atomic E-state index is 12.5. The number of carbonyl (C=O) groups is 1. The molecule has 0 aliphatic carbocycles. The van der Waals surface area contributed by atoms with Gasteiger partial charge in [0.05, 0.1) is 11.8 Å². The van der Waals surface area contributed by atoms with E-state index in [4.69, 9.17) is 10.5 Å². The molecule has 0 atom stereocenters. The predicted molar refractivity (Wildman–Crippen MR) is 92.7 cm³/mol. The van der Waals surface area contributed by atoms with Crippen LogP contribution in [0.15, 0.2) is 42.2 Å². The zero-order valence-electron chi connectivity index (χ0n) is 14.1. The molecule has 128 valence electrons. The lowest BCUT2D eigenvalue weighted by atomic mass is 10.1. The molecule has 2 aromatic rings. The third kappa shape index (κ3) is 4.76. The number of pyridine rings is 1. The van der Waals surface area contributed by atoms with E-state index in [0.717, 1.165) is 5.39 Å². The number of carbonyl (C=O) groups excluding carboxylic acids is 1. The Kier molecular flexibility index (Phi) is 5.51. The molecule has 6 heteroatoms. The van der Waals surface area contributed by atoms with Crippen molar-refractivity contribution in [1.29, 1.82) is 0 Å². The van der Waals surface area contributed by atoms with Gasteiger partial charge in [0.1, 0.15) is 18.1 Å². The Morgan fingerprint density at radius 2 is 2.08 bits per heavy atom. The molecule has 2 rings (SSSR count). The number of hydrogen-bond donors (Lipinski definition) is 2. The van der Waals surface area contributed by atoms with Gasteiger partial charge in [-0.3, -0.25) is 4.79 Å². The number of hydrogen-bond acceptors (Lipinski definition) is 4. The Hall–Kier alpha value is -2.47. The summed E-state index contributed by atoms with van der Waals surface area (Å²) in [6.07, 6.45) is 0.461. The van der Waals surface area contributed by atoms with Crippen molar-refractivity contribution in [2.24, 2.45) is 5.73 Å². The fourth-order valence-electron chi connectivity index (χ4n) is 2.04. The molecule has 1 heterocycles. The van der Waals surface area contributed by atoms with Gasteiger partial charge >= 0.3 is 0 Å². The first kappa shape index (κ1) is 17.9. The molecule has 0 aliphatic rings. The van der Waals surface area contributed by atoms with Gasteiger partial charge in [0.2, 0.25) is 0 Å². The van der Waals surface area contributed by atoms with Crippen molar-refractivity contribution in [3.05, 3.63) is 47.9 Å². The highest BCUT2D eigenvalue weighted by atomic mass is 19.1. The van der Waals surface area contributed by atoms with E-state index in [9.17, 15) is 9.18 Å². The molecule has 0 aliphatic heterocycles. The van der Waals surface area contributed by atoms with Gasteiger partial charge in [-0.05, 0) is 45.0 Å². The summed E-state index contributed by atoms with van der Waals surface area (Å²) >= 11 is 0. The van der Waals surface area contributed by atoms with Crippen LogP contribution in [-0.2, 0) is 0 Å². The number of halogens is 1. The van der Waals surface area contributed by atoms with Crippen LogP contribution < -0.4 is 15.8 Å². The van der Waals surface area contributed by atoms with Crippen LogP contribution in [0, 0.1) is 0 Å². The maximum atomic E-state index is 12.5. The Morgan fingerprint density at radius 3 is 2.71 bits per heavy atom. The number of nitrogens with two attached hydrogens (primary N) is 1. The van der Waals surface area contributed by atoms with Crippen LogP contribution in [0.5, 0.6) is 5.75 Å². The van der Waals surface area contributed by atoms with E-state index in [2.05, 4.69) is 10.3 Å². The number of rotatable bonds is 5. The zero-order valence-corrected chi connectivity index (χ0v) is 14.1. The number of amides is 1. The predicted octanol–water partition coefficient (Wildman–Crippen LogP) is 2.95.